The molecule has 0 aliphatic heterocycles. The zero-order valence-corrected chi connectivity index (χ0v) is 17.1. The minimum absolute atomic E-state index is 0.379. The highest BCUT2D eigenvalue weighted by molar-refractivity contribution is 5.14. The van der Waals surface area contributed by atoms with E-state index in [1.165, 1.54) is 50.5 Å². The van der Waals surface area contributed by atoms with Crippen molar-refractivity contribution in [2.75, 3.05) is 0 Å². The normalized spacial score (nSPS) is 52.4. The minimum Gasteiger partial charge on any atom is -0.390 e. The Morgan fingerprint density at radius 2 is 1.68 bits per heavy atom. The zero-order valence-electron chi connectivity index (χ0n) is 17.1. The summed E-state index contributed by atoms with van der Waals surface area (Å²) < 4.78 is 0. The monoisotopic (exact) mass is 344 g/mol. The van der Waals surface area contributed by atoms with Gasteiger partial charge in [0.05, 0.1) is 5.60 Å². The Balaban J connectivity index is 1.53. The number of aliphatic hydroxyl groups is 1. The second-order valence-electron chi connectivity index (χ2n) is 11.0. The molecule has 0 unspecified atom stereocenters. The van der Waals surface area contributed by atoms with Gasteiger partial charge < -0.3 is 5.11 Å². The average Bonchev–Trinajstić information content (AvgIpc) is 2.91. The van der Waals surface area contributed by atoms with Gasteiger partial charge >= 0.3 is 0 Å². The first-order chi connectivity index (χ1) is 11.8. The molecule has 0 aromatic heterocycles. The lowest BCUT2D eigenvalue weighted by molar-refractivity contribution is -0.119. The Morgan fingerprint density at radius 1 is 0.960 bits per heavy atom. The standard InChI is InChI=1S/C24H40O/c1-15(2)21-8-9-22-20-7-6-17-14-24(25,16(3)4)13-11-18(17)19(20)10-12-23(21,22)5/h16-22,25H,1,6-14H2,2-5H3/t17-,18+,19-,20-,21-,22+,23-,24-/m1/s1. The summed E-state index contributed by atoms with van der Waals surface area (Å²) in [6.07, 6.45) is 11.9. The molecule has 0 radical (unpaired) electrons. The van der Waals surface area contributed by atoms with Crippen LogP contribution in [0, 0.1) is 46.8 Å². The molecule has 0 spiro atoms. The molecule has 0 amide bonds. The van der Waals surface area contributed by atoms with Crippen LogP contribution in [0.4, 0.5) is 0 Å². The predicted octanol–water partition coefficient (Wildman–Crippen LogP) is 6.22. The molecule has 0 heterocycles. The molecule has 1 heteroatoms. The van der Waals surface area contributed by atoms with Crippen LogP contribution in [0.25, 0.3) is 0 Å². The number of hydrogen-bond donors (Lipinski definition) is 1. The van der Waals surface area contributed by atoms with E-state index in [-0.39, 0.29) is 5.60 Å². The van der Waals surface area contributed by atoms with Crippen LogP contribution in [-0.2, 0) is 0 Å². The lowest BCUT2D eigenvalue weighted by Gasteiger charge is -2.57. The largest absolute Gasteiger partial charge is 0.390 e. The lowest BCUT2D eigenvalue weighted by Crippen LogP contribution is -2.52. The van der Waals surface area contributed by atoms with Gasteiger partial charge in [-0.25, -0.2) is 0 Å². The van der Waals surface area contributed by atoms with Gasteiger partial charge in [-0.3, -0.25) is 0 Å². The molecule has 4 saturated carbocycles. The minimum atomic E-state index is -0.379. The highest BCUT2D eigenvalue weighted by atomic mass is 16.3. The van der Waals surface area contributed by atoms with Crippen LogP contribution in [-0.4, -0.2) is 10.7 Å². The van der Waals surface area contributed by atoms with Crippen LogP contribution in [0.1, 0.15) is 85.5 Å². The van der Waals surface area contributed by atoms with Crippen molar-refractivity contribution in [3.05, 3.63) is 12.2 Å². The van der Waals surface area contributed by atoms with Crippen molar-refractivity contribution >= 4 is 0 Å². The summed E-state index contributed by atoms with van der Waals surface area (Å²) in [7, 11) is 0. The summed E-state index contributed by atoms with van der Waals surface area (Å²) in [5, 5.41) is 11.1. The Labute approximate surface area is 155 Å². The molecule has 1 N–H and O–H groups in total. The second-order valence-corrected chi connectivity index (χ2v) is 11.0. The van der Waals surface area contributed by atoms with Crippen molar-refractivity contribution in [1.82, 2.24) is 0 Å². The summed E-state index contributed by atoms with van der Waals surface area (Å²) in [5.41, 5.74) is 1.60. The van der Waals surface area contributed by atoms with Gasteiger partial charge in [-0.2, -0.15) is 0 Å². The van der Waals surface area contributed by atoms with Crippen LogP contribution >= 0.6 is 0 Å². The highest BCUT2D eigenvalue weighted by Crippen LogP contribution is 2.65. The number of hydrogen-bond acceptors (Lipinski definition) is 1. The van der Waals surface area contributed by atoms with Gasteiger partial charge in [0.2, 0.25) is 0 Å². The summed E-state index contributed by atoms with van der Waals surface area (Å²) in [5.74, 6) is 5.75. The first-order valence-electron chi connectivity index (χ1n) is 11.1. The van der Waals surface area contributed by atoms with Crippen molar-refractivity contribution in [3.8, 4) is 0 Å². The quantitative estimate of drug-likeness (QED) is 0.590. The zero-order chi connectivity index (χ0) is 18.0. The van der Waals surface area contributed by atoms with E-state index in [0.717, 1.165) is 48.3 Å². The van der Waals surface area contributed by atoms with E-state index >= 15 is 0 Å². The van der Waals surface area contributed by atoms with Gasteiger partial charge in [0.1, 0.15) is 0 Å². The molecule has 0 bridgehead atoms. The number of fused-ring (bicyclic) bond motifs is 5. The Hall–Kier alpha value is -0.300. The van der Waals surface area contributed by atoms with Crippen molar-refractivity contribution in [2.24, 2.45) is 46.8 Å². The maximum atomic E-state index is 11.1. The molecular weight excluding hydrogens is 304 g/mol. The van der Waals surface area contributed by atoms with Gasteiger partial charge in [0.25, 0.3) is 0 Å². The van der Waals surface area contributed by atoms with E-state index < -0.39 is 0 Å². The molecular formula is C24H40O. The fourth-order valence-electron chi connectivity index (χ4n) is 8.24. The van der Waals surface area contributed by atoms with Crippen molar-refractivity contribution in [1.29, 1.82) is 0 Å². The van der Waals surface area contributed by atoms with E-state index in [1.807, 2.05) is 0 Å². The topological polar surface area (TPSA) is 20.2 Å². The van der Waals surface area contributed by atoms with E-state index in [9.17, 15) is 5.11 Å². The summed E-state index contributed by atoms with van der Waals surface area (Å²) >= 11 is 0. The number of allylic oxidation sites excluding steroid dienone is 1. The molecule has 25 heavy (non-hydrogen) atoms. The van der Waals surface area contributed by atoms with Gasteiger partial charge in [-0.1, -0.05) is 32.9 Å². The van der Waals surface area contributed by atoms with Gasteiger partial charge in [-0.15, -0.1) is 0 Å². The molecule has 4 aliphatic carbocycles. The second kappa shape index (κ2) is 6.11. The van der Waals surface area contributed by atoms with Gasteiger partial charge in [0.15, 0.2) is 0 Å². The van der Waals surface area contributed by atoms with Gasteiger partial charge in [-0.05, 0) is 112 Å². The predicted molar refractivity (Wildman–Crippen MR) is 105 cm³/mol. The molecule has 0 saturated heterocycles. The van der Waals surface area contributed by atoms with Crippen LogP contribution in [0.15, 0.2) is 12.2 Å². The molecule has 4 fully saturated rings. The molecule has 1 nitrogen and oxygen atoms in total. The maximum absolute atomic E-state index is 11.1. The van der Waals surface area contributed by atoms with E-state index in [0.29, 0.717) is 11.3 Å². The van der Waals surface area contributed by atoms with Crippen molar-refractivity contribution < 1.29 is 5.11 Å². The molecule has 0 aromatic rings. The molecule has 4 aliphatic rings. The summed E-state index contributed by atoms with van der Waals surface area (Å²) in [6, 6.07) is 0. The van der Waals surface area contributed by atoms with E-state index in [4.69, 9.17) is 0 Å². The summed E-state index contributed by atoms with van der Waals surface area (Å²) in [6.45, 7) is 13.7. The average molecular weight is 345 g/mol. The number of rotatable bonds is 2. The fourth-order valence-corrected chi connectivity index (χ4v) is 8.24. The van der Waals surface area contributed by atoms with Crippen molar-refractivity contribution in [3.63, 3.8) is 0 Å². The van der Waals surface area contributed by atoms with E-state index in [2.05, 4.69) is 34.3 Å². The molecule has 142 valence electrons. The highest BCUT2D eigenvalue weighted by Gasteiger charge is 2.57. The van der Waals surface area contributed by atoms with Crippen LogP contribution < -0.4 is 0 Å². The lowest BCUT2D eigenvalue weighted by atomic mass is 9.48. The Bertz CT molecular complexity index is 536. The third-order valence-corrected chi connectivity index (χ3v) is 9.71. The Morgan fingerprint density at radius 3 is 2.36 bits per heavy atom. The van der Waals surface area contributed by atoms with Crippen LogP contribution in [0.3, 0.4) is 0 Å². The van der Waals surface area contributed by atoms with Crippen LogP contribution in [0.5, 0.6) is 0 Å². The van der Waals surface area contributed by atoms with Gasteiger partial charge in [0, 0.05) is 0 Å². The van der Waals surface area contributed by atoms with E-state index in [1.54, 1.807) is 0 Å². The molecule has 4 rings (SSSR count). The third kappa shape index (κ3) is 2.67. The molecule has 8 atom stereocenters. The Kier molecular flexibility index (Phi) is 4.42. The fraction of sp³-hybridized carbons (Fsp3) is 0.917. The summed E-state index contributed by atoms with van der Waals surface area (Å²) in [4.78, 5) is 0. The van der Waals surface area contributed by atoms with Crippen molar-refractivity contribution in [2.45, 2.75) is 91.1 Å². The maximum Gasteiger partial charge on any atom is 0.0673 e. The molecule has 0 aromatic carbocycles. The third-order valence-electron chi connectivity index (χ3n) is 9.71. The first kappa shape index (κ1) is 18.1. The smallest absolute Gasteiger partial charge is 0.0673 e. The first-order valence-corrected chi connectivity index (χ1v) is 11.1. The van der Waals surface area contributed by atoms with Crippen LogP contribution in [0.2, 0.25) is 0 Å². The SMILES string of the molecule is C=C(C)[C@H]1CC[C@H]2[C@@H]3CC[C@@H]4C[C@@](O)(C(C)C)CC[C@@H]4[C@H]3CC[C@]12C.